The van der Waals surface area contributed by atoms with Crippen LogP contribution in [-0.4, -0.2) is 31.8 Å². The molecule has 7 heteroatoms. The molecule has 2 aromatic heterocycles. The number of aliphatic hydroxyl groups excluding tert-OH is 1. The lowest BCUT2D eigenvalue weighted by molar-refractivity contribution is 0.227. The van der Waals surface area contributed by atoms with Crippen molar-refractivity contribution in [1.29, 1.82) is 0 Å². The summed E-state index contributed by atoms with van der Waals surface area (Å²) in [4.78, 5) is 13.0. The molecule has 0 radical (unpaired) electrons. The fourth-order valence-electron chi connectivity index (χ4n) is 3.25. The van der Waals surface area contributed by atoms with Crippen molar-refractivity contribution in [3.8, 4) is 16.8 Å². The standard InChI is InChI=1S/C22H24ClN3O2S/c1-2-9-25-13-17(3-6-21(25)28)26-12-16(11-24-26)19-5-4-18(10-20(19)23)29-15-22(14-27)7-8-22/h3-6,10-13,27H,2,7-9,14-15H2,1H3. The van der Waals surface area contributed by atoms with E-state index < -0.39 is 0 Å². The maximum Gasteiger partial charge on any atom is 0.250 e. The van der Waals surface area contributed by atoms with E-state index in [0.29, 0.717) is 11.6 Å². The van der Waals surface area contributed by atoms with E-state index >= 15 is 0 Å². The minimum atomic E-state index is -0.00621. The number of aliphatic hydroxyl groups is 1. The van der Waals surface area contributed by atoms with Gasteiger partial charge in [0.2, 0.25) is 0 Å². The molecular weight excluding hydrogens is 406 g/mol. The molecule has 1 aliphatic carbocycles. The molecule has 3 aromatic rings. The Hall–Kier alpha value is -2.02. The lowest BCUT2D eigenvalue weighted by atomic mass is 10.1. The van der Waals surface area contributed by atoms with Crippen molar-refractivity contribution in [3.63, 3.8) is 0 Å². The van der Waals surface area contributed by atoms with Crippen LogP contribution < -0.4 is 5.56 Å². The molecule has 2 heterocycles. The van der Waals surface area contributed by atoms with Crippen LogP contribution in [0.3, 0.4) is 0 Å². The molecule has 0 amide bonds. The summed E-state index contributed by atoms with van der Waals surface area (Å²) >= 11 is 8.31. The van der Waals surface area contributed by atoms with E-state index in [-0.39, 0.29) is 17.6 Å². The molecule has 5 nitrogen and oxygen atoms in total. The van der Waals surface area contributed by atoms with Crippen molar-refractivity contribution < 1.29 is 5.11 Å². The lowest BCUT2D eigenvalue weighted by Crippen LogP contribution is -2.19. The van der Waals surface area contributed by atoms with Gasteiger partial charge < -0.3 is 9.67 Å². The number of pyridine rings is 1. The van der Waals surface area contributed by atoms with E-state index in [2.05, 4.69) is 11.2 Å². The average molecular weight is 430 g/mol. The number of rotatable bonds is 8. The van der Waals surface area contributed by atoms with Crippen LogP contribution >= 0.6 is 23.4 Å². The summed E-state index contributed by atoms with van der Waals surface area (Å²) in [6.07, 6.45) is 8.65. The molecule has 0 aliphatic heterocycles. The van der Waals surface area contributed by atoms with Gasteiger partial charge >= 0.3 is 0 Å². The number of hydrogen-bond acceptors (Lipinski definition) is 4. The third-order valence-electron chi connectivity index (χ3n) is 5.37. The molecule has 1 N–H and O–H groups in total. The number of thioether (sulfide) groups is 1. The topological polar surface area (TPSA) is 60.1 Å². The van der Waals surface area contributed by atoms with Gasteiger partial charge in [0, 0.05) is 63.8 Å². The molecular formula is C22H24ClN3O2S. The highest BCUT2D eigenvalue weighted by Gasteiger charge is 2.41. The molecule has 4 rings (SSSR count). The predicted molar refractivity (Wildman–Crippen MR) is 118 cm³/mol. The van der Waals surface area contributed by atoms with Crippen LogP contribution in [0.4, 0.5) is 0 Å². The Labute approximate surface area is 179 Å². The second-order valence-corrected chi connectivity index (χ2v) is 9.14. The number of aryl methyl sites for hydroxylation is 1. The molecule has 0 unspecified atom stereocenters. The Morgan fingerprint density at radius 1 is 1.24 bits per heavy atom. The second kappa shape index (κ2) is 8.38. The zero-order chi connectivity index (χ0) is 20.4. The van der Waals surface area contributed by atoms with Gasteiger partial charge in [-0.15, -0.1) is 11.8 Å². The highest BCUT2D eigenvalue weighted by molar-refractivity contribution is 7.99. The van der Waals surface area contributed by atoms with Crippen molar-refractivity contribution in [2.75, 3.05) is 12.4 Å². The van der Waals surface area contributed by atoms with Gasteiger partial charge in [-0.2, -0.15) is 5.10 Å². The molecule has 1 fully saturated rings. The van der Waals surface area contributed by atoms with E-state index in [4.69, 9.17) is 11.6 Å². The summed E-state index contributed by atoms with van der Waals surface area (Å²) in [5.74, 6) is 0.921. The number of nitrogens with zero attached hydrogens (tertiary/aromatic N) is 3. The van der Waals surface area contributed by atoms with Crippen molar-refractivity contribution in [3.05, 3.63) is 64.3 Å². The highest BCUT2D eigenvalue weighted by Crippen LogP contribution is 2.48. The normalized spacial score (nSPS) is 14.9. The van der Waals surface area contributed by atoms with Gasteiger partial charge in [0.15, 0.2) is 0 Å². The average Bonchev–Trinajstić information content (AvgIpc) is 3.35. The fraction of sp³-hybridized carbons (Fsp3) is 0.364. The largest absolute Gasteiger partial charge is 0.396 e. The molecule has 0 saturated heterocycles. The summed E-state index contributed by atoms with van der Waals surface area (Å²) in [7, 11) is 0. The third-order valence-corrected chi connectivity index (χ3v) is 7.03. The Bertz CT molecular complexity index is 1070. The Morgan fingerprint density at radius 3 is 2.76 bits per heavy atom. The van der Waals surface area contributed by atoms with Gasteiger partial charge in [-0.1, -0.05) is 24.6 Å². The molecule has 1 aromatic carbocycles. The first-order valence-corrected chi connectivity index (χ1v) is 11.2. The predicted octanol–water partition coefficient (Wildman–Crippen LogP) is 4.63. The maximum absolute atomic E-state index is 11.9. The van der Waals surface area contributed by atoms with Crippen LogP contribution in [0.25, 0.3) is 16.8 Å². The number of benzene rings is 1. The van der Waals surface area contributed by atoms with Gasteiger partial charge in [0.25, 0.3) is 5.56 Å². The Kier molecular flexibility index (Phi) is 5.86. The summed E-state index contributed by atoms with van der Waals surface area (Å²) < 4.78 is 3.47. The first-order valence-electron chi connectivity index (χ1n) is 9.83. The van der Waals surface area contributed by atoms with Crippen LogP contribution in [0.5, 0.6) is 0 Å². The highest BCUT2D eigenvalue weighted by atomic mass is 35.5. The summed E-state index contributed by atoms with van der Waals surface area (Å²) in [6.45, 7) is 2.99. The summed E-state index contributed by atoms with van der Waals surface area (Å²) in [5, 5.41) is 14.6. The van der Waals surface area contributed by atoms with Gasteiger partial charge in [0.05, 0.1) is 11.9 Å². The van der Waals surface area contributed by atoms with Crippen LogP contribution in [0.1, 0.15) is 26.2 Å². The van der Waals surface area contributed by atoms with E-state index in [1.807, 2.05) is 31.5 Å². The second-order valence-electron chi connectivity index (χ2n) is 7.68. The quantitative estimate of drug-likeness (QED) is 0.530. The minimum absolute atomic E-state index is 0.00621. The molecule has 0 bridgehead atoms. The first kappa shape index (κ1) is 20.3. The van der Waals surface area contributed by atoms with E-state index in [1.165, 1.54) is 0 Å². The van der Waals surface area contributed by atoms with Crippen molar-refractivity contribution >= 4 is 23.4 Å². The number of hydrogen-bond donors (Lipinski definition) is 1. The number of halogens is 1. The van der Waals surface area contributed by atoms with Gasteiger partial charge in [-0.25, -0.2) is 4.68 Å². The molecule has 0 spiro atoms. The molecule has 152 valence electrons. The zero-order valence-electron chi connectivity index (χ0n) is 16.3. The monoisotopic (exact) mass is 429 g/mol. The van der Waals surface area contributed by atoms with E-state index in [1.54, 1.807) is 39.3 Å². The Balaban J connectivity index is 1.53. The van der Waals surface area contributed by atoms with E-state index in [0.717, 1.165) is 46.7 Å². The summed E-state index contributed by atoms with van der Waals surface area (Å²) in [5.41, 5.74) is 2.80. The summed E-state index contributed by atoms with van der Waals surface area (Å²) in [6, 6.07) is 9.42. The SMILES string of the molecule is CCCn1cc(-n2cc(-c3ccc(SCC4(CO)CC4)cc3Cl)cn2)ccc1=O. The third kappa shape index (κ3) is 4.44. The van der Waals surface area contributed by atoms with E-state index in [9.17, 15) is 9.90 Å². The first-order chi connectivity index (χ1) is 14.0. The fourth-order valence-corrected chi connectivity index (χ4v) is 4.83. The Morgan fingerprint density at radius 2 is 2.07 bits per heavy atom. The molecule has 0 atom stereocenters. The zero-order valence-corrected chi connectivity index (χ0v) is 17.9. The molecule has 1 saturated carbocycles. The van der Waals surface area contributed by atoms with Gasteiger partial charge in [0.1, 0.15) is 0 Å². The molecule has 1 aliphatic rings. The number of aromatic nitrogens is 3. The smallest absolute Gasteiger partial charge is 0.250 e. The minimum Gasteiger partial charge on any atom is -0.396 e. The lowest BCUT2D eigenvalue weighted by Gasteiger charge is -2.11. The van der Waals surface area contributed by atoms with Crippen molar-refractivity contribution in [2.24, 2.45) is 5.41 Å². The van der Waals surface area contributed by atoms with Crippen LogP contribution in [0, 0.1) is 5.41 Å². The van der Waals surface area contributed by atoms with Crippen LogP contribution in [0.15, 0.2) is 58.6 Å². The van der Waals surface area contributed by atoms with Crippen LogP contribution in [-0.2, 0) is 6.54 Å². The van der Waals surface area contributed by atoms with Crippen LogP contribution in [0.2, 0.25) is 5.02 Å². The maximum atomic E-state index is 11.9. The van der Waals surface area contributed by atoms with Crippen molar-refractivity contribution in [2.45, 2.75) is 37.6 Å². The van der Waals surface area contributed by atoms with Gasteiger partial charge in [-0.3, -0.25) is 4.79 Å². The van der Waals surface area contributed by atoms with Gasteiger partial charge in [-0.05, 0) is 37.5 Å². The molecule has 29 heavy (non-hydrogen) atoms. The van der Waals surface area contributed by atoms with Crippen molar-refractivity contribution in [1.82, 2.24) is 14.3 Å².